The van der Waals surface area contributed by atoms with E-state index in [-0.39, 0.29) is 17.9 Å². The van der Waals surface area contributed by atoms with E-state index in [2.05, 4.69) is 15.3 Å². The van der Waals surface area contributed by atoms with Gasteiger partial charge in [0.2, 0.25) is 5.91 Å². The highest BCUT2D eigenvalue weighted by Crippen LogP contribution is 2.28. The highest BCUT2D eigenvalue weighted by Gasteiger charge is 2.17. The van der Waals surface area contributed by atoms with Crippen molar-refractivity contribution in [3.8, 4) is 0 Å². The van der Waals surface area contributed by atoms with Crippen molar-refractivity contribution in [3.63, 3.8) is 0 Å². The number of carbonyl (C=O) groups is 1. The number of aryl methyl sites for hydroxylation is 1. The maximum atomic E-state index is 12.1. The van der Waals surface area contributed by atoms with E-state index in [0.29, 0.717) is 5.16 Å². The molecule has 2 atom stereocenters. The number of hydrogen-bond donors (Lipinski definition) is 2. The summed E-state index contributed by atoms with van der Waals surface area (Å²) in [5, 5.41) is 3.62. The van der Waals surface area contributed by atoms with Crippen LogP contribution in [0, 0.1) is 12.8 Å². The molecule has 6 heteroatoms. The van der Waals surface area contributed by atoms with Crippen molar-refractivity contribution in [2.45, 2.75) is 36.9 Å². The second-order valence-corrected chi connectivity index (χ2v) is 6.29. The zero-order chi connectivity index (χ0) is 16.1. The van der Waals surface area contributed by atoms with Gasteiger partial charge in [-0.1, -0.05) is 6.92 Å². The molecule has 3 N–H and O–H groups in total. The summed E-state index contributed by atoms with van der Waals surface area (Å²) >= 11 is 1.49. The van der Waals surface area contributed by atoms with Crippen LogP contribution in [0.5, 0.6) is 0 Å². The lowest BCUT2D eigenvalue weighted by Gasteiger charge is -2.16. The van der Waals surface area contributed by atoms with E-state index >= 15 is 0 Å². The molecule has 0 aliphatic carbocycles. The van der Waals surface area contributed by atoms with Gasteiger partial charge in [-0.15, -0.1) is 0 Å². The molecule has 0 fully saturated rings. The third kappa shape index (κ3) is 4.29. The molecule has 0 aliphatic rings. The van der Waals surface area contributed by atoms with Crippen LogP contribution in [-0.2, 0) is 4.79 Å². The van der Waals surface area contributed by atoms with Crippen molar-refractivity contribution in [3.05, 3.63) is 42.2 Å². The number of benzene rings is 1. The quantitative estimate of drug-likeness (QED) is 0.829. The monoisotopic (exact) mass is 316 g/mol. The number of aromatic nitrogens is 2. The maximum Gasteiger partial charge on any atom is 0.228 e. The van der Waals surface area contributed by atoms with Crippen LogP contribution in [0.4, 0.5) is 5.69 Å². The Balaban J connectivity index is 2.08. The fraction of sp³-hybridized carbons (Fsp3) is 0.312. The second-order valence-electron chi connectivity index (χ2n) is 5.25. The summed E-state index contributed by atoms with van der Waals surface area (Å²) in [6.07, 6.45) is 3.43. The smallest absolute Gasteiger partial charge is 0.228 e. The summed E-state index contributed by atoms with van der Waals surface area (Å²) in [7, 11) is 0. The van der Waals surface area contributed by atoms with Gasteiger partial charge in [-0.05, 0) is 55.4 Å². The minimum atomic E-state index is -0.230. The van der Waals surface area contributed by atoms with Crippen molar-refractivity contribution in [1.29, 1.82) is 0 Å². The third-order valence-corrected chi connectivity index (χ3v) is 4.29. The molecular formula is C16H20N4OS. The van der Waals surface area contributed by atoms with E-state index in [9.17, 15) is 4.79 Å². The number of nitrogens with one attached hydrogen (secondary N) is 1. The van der Waals surface area contributed by atoms with Crippen LogP contribution in [0.1, 0.15) is 19.4 Å². The molecule has 116 valence electrons. The largest absolute Gasteiger partial charge is 0.327 e. The van der Waals surface area contributed by atoms with Gasteiger partial charge in [0.1, 0.15) is 0 Å². The first-order valence-corrected chi connectivity index (χ1v) is 7.91. The van der Waals surface area contributed by atoms with Crippen molar-refractivity contribution in [2.75, 3.05) is 5.32 Å². The summed E-state index contributed by atoms with van der Waals surface area (Å²) < 4.78 is 0. The van der Waals surface area contributed by atoms with Gasteiger partial charge in [0, 0.05) is 29.0 Å². The predicted octanol–water partition coefficient (Wildman–Crippen LogP) is 2.86. The van der Waals surface area contributed by atoms with Gasteiger partial charge in [0.15, 0.2) is 5.16 Å². The maximum absolute atomic E-state index is 12.1. The summed E-state index contributed by atoms with van der Waals surface area (Å²) in [5.41, 5.74) is 7.55. The van der Waals surface area contributed by atoms with Crippen molar-refractivity contribution >= 4 is 23.4 Å². The Kier molecular flexibility index (Phi) is 5.51. The van der Waals surface area contributed by atoms with Crippen molar-refractivity contribution in [2.24, 2.45) is 11.7 Å². The first-order chi connectivity index (χ1) is 10.5. The van der Waals surface area contributed by atoms with Gasteiger partial charge < -0.3 is 11.1 Å². The average Bonchev–Trinajstić information content (AvgIpc) is 2.50. The van der Waals surface area contributed by atoms with Crippen LogP contribution >= 0.6 is 11.8 Å². The first kappa shape index (κ1) is 16.5. The van der Waals surface area contributed by atoms with E-state index in [1.165, 1.54) is 11.8 Å². The van der Waals surface area contributed by atoms with Crippen molar-refractivity contribution < 1.29 is 4.79 Å². The molecule has 0 saturated carbocycles. The predicted molar refractivity (Wildman–Crippen MR) is 88.8 cm³/mol. The van der Waals surface area contributed by atoms with Gasteiger partial charge in [-0.2, -0.15) is 0 Å². The molecule has 1 heterocycles. The third-order valence-electron chi connectivity index (χ3n) is 3.41. The summed E-state index contributed by atoms with van der Waals surface area (Å²) in [4.78, 5) is 21.5. The molecule has 5 nitrogen and oxygen atoms in total. The summed E-state index contributed by atoms with van der Waals surface area (Å²) in [6, 6.07) is 7.46. The molecule has 2 aromatic rings. The minimum absolute atomic E-state index is 0.0649. The molecule has 2 unspecified atom stereocenters. The Morgan fingerprint density at radius 1 is 1.27 bits per heavy atom. The van der Waals surface area contributed by atoms with Crippen LogP contribution in [-0.4, -0.2) is 21.9 Å². The number of amides is 1. The Labute approximate surface area is 134 Å². The number of rotatable bonds is 5. The Hall–Kier alpha value is -1.92. The lowest BCUT2D eigenvalue weighted by molar-refractivity contribution is -0.119. The van der Waals surface area contributed by atoms with Crippen molar-refractivity contribution in [1.82, 2.24) is 9.97 Å². The number of nitrogens with zero attached hydrogens (tertiary/aromatic N) is 2. The molecule has 1 aromatic carbocycles. The molecule has 1 amide bonds. The lowest BCUT2D eigenvalue weighted by Crippen LogP contribution is -2.34. The number of nitrogens with two attached hydrogens (primary N) is 1. The highest BCUT2D eigenvalue weighted by molar-refractivity contribution is 7.99. The zero-order valence-electron chi connectivity index (χ0n) is 12.9. The molecule has 2 rings (SSSR count). The normalized spacial score (nSPS) is 13.5. The van der Waals surface area contributed by atoms with E-state index < -0.39 is 0 Å². The SMILES string of the molecule is Cc1cc(Sc2ncccn2)ccc1NC(=O)C(C)C(C)N. The molecule has 0 radical (unpaired) electrons. The van der Waals surface area contributed by atoms with Gasteiger partial charge in [0.05, 0.1) is 5.92 Å². The van der Waals surface area contributed by atoms with Gasteiger partial charge in [0.25, 0.3) is 0 Å². The van der Waals surface area contributed by atoms with Crippen LogP contribution < -0.4 is 11.1 Å². The van der Waals surface area contributed by atoms with Gasteiger partial charge in [-0.25, -0.2) is 9.97 Å². The zero-order valence-corrected chi connectivity index (χ0v) is 13.7. The van der Waals surface area contributed by atoms with Crippen LogP contribution in [0.15, 0.2) is 46.7 Å². The highest BCUT2D eigenvalue weighted by atomic mass is 32.2. The molecule has 22 heavy (non-hydrogen) atoms. The molecule has 0 aliphatic heterocycles. The Morgan fingerprint density at radius 2 is 1.95 bits per heavy atom. The first-order valence-electron chi connectivity index (χ1n) is 7.09. The molecular weight excluding hydrogens is 296 g/mol. The standard InChI is InChI=1S/C16H20N4OS/c1-10-9-13(22-16-18-7-4-8-19-16)5-6-14(10)20-15(21)11(2)12(3)17/h4-9,11-12H,17H2,1-3H3,(H,20,21). The van der Waals surface area contributed by atoms with Crippen LogP contribution in [0.3, 0.4) is 0 Å². The number of carbonyl (C=O) groups excluding carboxylic acids is 1. The van der Waals surface area contributed by atoms with Crippen LogP contribution in [0.25, 0.3) is 0 Å². The average molecular weight is 316 g/mol. The lowest BCUT2D eigenvalue weighted by atomic mass is 10.0. The summed E-state index contributed by atoms with van der Waals surface area (Å²) in [5.74, 6) is -0.295. The van der Waals surface area contributed by atoms with Gasteiger partial charge in [-0.3, -0.25) is 4.79 Å². The molecule has 0 bridgehead atoms. The molecule has 0 spiro atoms. The number of hydrogen-bond acceptors (Lipinski definition) is 5. The van der Waals surface area contributed by atoms with Crippen LogP contribution in [0.2, 0.25) is 0 Å². The van der Waals surface area contributed by atoms with E-state index in [1.54, 1.807) is 18.5 Å². The van der Waals surface area contributed by atoms with Gasteiger partial charge >= 0.3 is 0 Å². The Morgan fingerprint density at radius 3 is 2.55 bits per heavy atom. The van der Waals surface area contributed by atoms with E-state index in [0.717, 1.165) is 16.1 Å². The second kappa shape index (κ2) is 7.38. The minimum Gasteiger partial charge on any atom is -0.327 e. The number of anilines is 1. The van der Waals surface area contributed by atoms with E-state index in [1.807, 2.05) is 39.0 Å². The fourth-order valence-corrected chi connectivity index (χ4v) is 2.58. The molecule has 0 saturated heterocycles. The molecule has 1 aromatic heterocycles. The summed E-state index contributed by atoms with van der Waals surface area (Å²) in [6.45, 7) is 5.62. The Bertz CT molecular complexity index is 646. The van der Waals surface area contributed by atoms with E-state index in [4.69, 9.17) is 5.73 Å². The topological polar surface area (TPSA) is 80.9 Å². The fourth-order valence-electron chi connectivity index (χ4n) is 1.77.